The molecule has 64 valence electrons. The SMILES string of the molecule is C=CC(=O)c1cnc(N(C)C)s1. The summed E-state index contributed by atoms with van der Waals surface area (Å²) in [5.74, 6) is -0.0689. The molecule has 1 heterocycles. The van der Waals surface area contributed by atoms with E-state index in [2.05, 4.69) is 11.6 Å². The lowest BCUT2D eigenvalue weighted by atomic mass is 10.3. The number of carbonyl (C=O) groups excluding carboxylic acids is 1. The molecular weight excluding hydrogens is 172 g/mol. The average molecular weight is 182 g/mol. The molecule has 0 unspecified atom stereocenters. The molecule has 0 N–H and O–H groups in total. The van der Waals surface area contributed by atoms with Crippen LogP contribution in [0.3, 0.4) is 0 Å². The maximum Gasteiger partial charge on any atom is 0.196 e. The van der Waals surface area contributed by atoms with Gasteiger partial charge in [0.2, 0.25) is 0 Å². The van der Waals surface area contributed by atoms with Crippen molar-refractivity contribution in [3.05, 3.63) is 23.7 Å². The highest BCUT2D eigenvalue weighted by Crippen LogP contribution is 2.20. The Kier molecular flexibility index (Phi) is 2.60. The van der Waals surface area contributed by atoms with Gasteiger partial charge in [-0.2, -0.15) is 0 Å². The van der Waals surface area contributed by atoms with E-state index in [-0.39, 0.29) is 5.78 Å². The third kappa shape index (κ3) is 1.71. The number of aromatic nitrogens is 1. The summed E-state index contributed by atoms with van der Waals surface area (Å²) in [7, 11) is 3.78. The van der Waals surface area contributed by atoms with Crippen molar-refractivity contribution in [3.8, 4) is 0 Å². The van der Waals surface area contributed by atoms with Crippen LogP contribution >= 0.6 is 11.3 Å². The largest absolute Gasteiger partial charge is 0.354 e. The number of hydrogen-bond donors (Lipinski definition) is 0. The maximum absolute atomic E-state index is 11.1. The molecule has 0 aliphatic carbocycles. The van der Waals surface area contributed by atoms with Crippen LogP contribution < -0.4 is 4.90 Å². The first-order valence-corrected chi connectivity index (χ1v) is 4.26. The van der Waals surface area contributed by atoms with Gasteiger partial charge in [0, 0.05) is 14.1 Å². The summed E-state index contributed by atoms with van der Waals surface area (Å²) in [6.45, 7) is 3.41. The molecule has 3 nitrogen and oxygen atoms in total. The Morgan fingerprint density at radius 2 is 2.42 bits per heavy atom. The fraction of sp³-hybridized carbons (Fsp3) is 0.250. The molecule has 0 aliphatic rings. The average Bonchev–Trinajstić information content (AvgIpc) is 2.51. The highest BCUT2D eigenvalue weighted by Gasteiger charge is 2.07. The summed E-state index contributed by atoms with van der Waals surface area (Å²) in [6.07, 6.45) is 2.87. The number of rotatable bonds is 3. The van der Waals surface area contributed by atoms with Crippen LogP contribution in [0.1, 0.15) is 9.67 Å². The fourth-order valence-electron chi connectivity index (χ4n) is 0.686. The lowest BCUT2D eigenvalue weighted by Crippen LogP contribution is -2.07. The second-order valence-electron chi connectivity index (χ2n) is 2.47. The standard InChI is InChI=1S/C8H10N2OS/c1-4-6(11)7-5-9-8(12-7)10(2)3/h4-5H,1H2,2-3H3. The van der Waals surface area contributed by atoms with Gasteiger partial charge in [-0.05, 0) is 6.08 Å². The number of carbonyl (C=O) groups is 1. The molecule has 0 atom stereocenters. The van der Waals surface area contributed by atoms with Crippen molar-refractivity contribution in [1.29, 1.82) is 0 Å². The van der Waals surface area contributed by atoms with Gasteiger partial charge in [0.25, 0.3) is 0 Å². The molecule has 0 spiro atoms. The van der Waals surface area contributed by atoms with E-state index >= 15 is 0 Å². The minimum Gasteiger partial charge on any atom is -0.354 e. The number of nitrogens with zero attached hydrogens (tertiary/aromatic N) is 2. The maximum atomic E-state index is 11.1. The van der Waals surface area contributed by atoms with Gasteiger partial charge in [-0.25, -0.2) is 4.98 Å². The molecule has 1 aromatic heterocycles. The van der Waals surface area contributed by atoms with Gasteiger partial charge in [-0.3, -0.25) is 4.79 Å². The van der Waals surface area contributed by atoms with Crippen molar-refractivity contribution in [2.75, 3.05) is 19.0 Å². The molecule has 12 heavy (non-hydrogen) atoms. The predicted molar refractivity (Wildman–Crippen MR) is 51.0 cm³/mol. The third-order valence-electron chi connectivity index (χ3n) is 1.30. The molecule has 0 saturated carbocycles. The zero-order valence-electron chi connectivity index (χ0n) is 7.07. The van der Waals surface area contributed by atoms with Gasteiger partial charge in [-0.1, -0.05) is 17.9 Å². The van der Waals surface area contributed by atoms with E-state index in [1.807, 2.05) is 19.0 Å². The van der Waals surface area contributed by atoms with Crippen molar-refractivity contribution in [2.24, 2.45) is 0 Å². The topological polar surface area (TPSA) is 33.2 Å². The van der Waals surface area contributed by atoms with Crippen LogP contribution in [0, 0.1) is 0 Å². The van der Waals surface area contributed by atoms with Gasteiger partial charge in [0.05, 0.1) is 11.1 Å². The predicted octanol–water partition coefficient (Wildman–Crippen LogP) is 1.58. The number of ketones is 1. The monoisotopic (exact) mass is 182 g/mol. The highest BCUT2D eigenvalue weighted by atomic mass is 32.1. The Bertz CT molecular complexity index is 304. The summed E-state index contributed by atoms with van der Waals surface area (Å²) < 4.78 is 0. The molecule has 0 fully saturated rings. The van der Waals surface area contributed by atoms with E-state index in [0.717, 1.165) is 5.13 Å². The van der Waals surface area contributed by atoms with E-state index < -0.39 is 0 Å². The van der Waals surface area contributed by atoms with E-state index in [1.54, 1.807) is 6.20 Å². The highest BCUT2D eigenvalue weighted by molar-refractivity contribution is 7.17. The van der Waals surface area contributed by atoms with Crippen molar-refractivity contribution in [2.45, 2.75) is 0 Å². The van der Waals surface area contributed by atoms with Crippen LogP contribution in [0.4, 0.5) is 5.13 Å². The zero-order valence-corrected chi connectivity index (χ0v) is 7.89. The summed E-state index contributed by atoms with van der Waals surface area (Å²) in [5, 5.41) is 0.834. The molecule has 0 aliphatic heterocycles. The van der Waals surface area contributed by atoms with Crippen LogP contribution in [0.2, 0.25) is 0 Å². The number of allylic oxidation sites excluding steroid dienone is 1. The fourth-order valence-corrected chi connectivity index (χ4v) is 1.46. The molecule has 1 rings (SSSR count). The number of hydrogen-bond acceptors (Lipinski definition) is 4. The van der Waals surface area contributed by atoms with Crippen molar-refractivity contribution >= 4 is 22.3 Å². The van der Waals surface area contributed by atoms with Gasteiger partial charge in [0.1, 0.15) is 0 Å². The summed E-state index contributed by atoms with van der Waals surface area (Å²) >= 11 is 1.37. The quantitative estimate of drug-likeness (QED) is 0.525. The Morgan fingerprint density at radius 1 is 1.75 bits per heavy atom. The van der Waals surface area contributed by atoms with Crippen LogP contribution in [0.15, 0.2) is 18.9 Å². The van der Waals surface area contributed by atoms with Crippen molar-refractivity contribution in [3.63, 3.8) is 0 Å². The molecule has 0 saturated heterocycles. The van der Waals surface area contributed by atoms with E-state index in [4.69, 9.17) is 0 Å². The molecule has 4 heteroatoms. The summed E-state index contributed by atoms with van der Waals surface area (Å²) in [4.78, 5) is 17.6. The first kappa shape index (κ1) is 8.93. The Balaban J connectivity index is 2.91. The van der Waals surface area contributed by atoms with Crippen LogP contribution in [-0.2, 0) is 0 Å². The molecule has 0 radical (unpaired) electrons. The number of anilines is 1. The minimum atomic E-state index is -0.0689. The summed E-state index contributed by atoms with van der Waals surface area (Å²) in [5.41, 5.74) is 0. The molecular formula is C8H10N2OS. The lowest BCUT2D eigenvalue weighted by molar-refractivity contribution is 0.105. The van der Waals surface area contributed by atoms with Crippen LogP contribution in [0.25, 0.3) is 0 Å². The molecule has 0 aromatic carbocycles. The first-order valence-electron chi connectivity index (χ1n) is 3.45. The van der Waals surface area contributed by atoms with Crippen LogP contribution in [0.5, 0.6) is 0 Å². The molecule has 0 amide bonds. The van der Waals surface area contributed by atoms with E-state index in [9.17, 15) is 4.79 Å². The second-order valence-corrected chi connectivity index (χ2v) is 3.48. The minimum absolute atomic E-state index is 0.0689. The Labute approximate surface area is 75.3 Å². The first-order chi connectivity index (χ1) is 5.65. The number of thiazole rings is 1. The third-order valence-corrected chi connectivity index (χ3v) is 2.48. The molecule has 1 aromatic rings. The smallest absolute Gasteiger partial charge is 0.196 e. The van der Waals surface area contributed by atoms with Crippen molar-refractivity contribution < 1.29 is 4.79 Å². The zero-order chi connectivity index (χ0) is 9.14. The van der Waals surface area contributed by atoms with Gasteiger partial charge >= 0.3 is 0 Å². The van der Waals surface area contributed by atoms with Gasteiger partial charge < -0.3 is 4.90 Å². The Hall–Kier alpha value is -1.16. The van der Waals surface area contributed by atoms with Gasteiger partial charge in [-0.15, -0.1) is 0 Å². The van der Waals surface area contributed by atoms with Crippen molar-refractivity contribution in [1.82, 2.24) is 4.98 Å². The van der Waals surface area contributed by atoms with E-state index in [1.165, 1.54) is 17.4 Å². The van der Waals surface area contributed by atoms with Crippen LogP contribution in [-0.4, -0.2) is 24.9 Å². The second kappa shape index (κ2) is 3.49. The Morgan fingerprint density at radius 3 is 2.83 bits per heavy atom. The normalized spacial score (nSPS) is 9.50. The van der Waals surface area contributed by atoms with E-state index in [0.29, 0.717) is 4.88 Å². The molecule has 0 bridgehead atoms. The lowest BCUT2D eigenvalue weighted by Gasteiger charge is -2.04. The summed E-state index contributed by atoms with van der Waals surface area (Å²) in [6, 6.07) is 0. The van der Waals surface area contributed by atoms with Gasteiger partial charge in [0.15, 0.2) is 10.9 Å².